The number of ether oxygens (including phenoxy) is 1. The highest BCUT2D eigenvalue weighted by atomic mass is 32.1. The second-order valence-electron chi connectivity index (χ2n) is 6.62. The van der Waals surface area contributed by atoms with Crippen LogP contribution in [0.3, 0.4) is 0 Å². The second-order valence-corrected chi connectivity index (χ2v) is 7.73. The molecular weight excluding hydrogens is 374 g/mol. The molecule has 1 aliphatic rings. The van der Waals surface area contributed by atoms with Crippen LogP contribution in [-0.2, 0) is 22.4 Å². The molecule has 0 radical (unpaired) electrons. The molecule has 0 saturated carbocycles. The summed E-state index contributed by atoms with van der Waals surface area (Å²) in [6.07, 6.45) is 4.92. The molecule has 6 nitrogen and oxygen atoms in total. The highest BCUT2D eigenvalue weighted by molar-refractivity contribution is 7.16. The first-order valence-corrected chi connectivity index (χ1v) is 10.3. The number of hydrogen-bond acceptors (Lipinski definition) is 6. The Morgan fingerprint density at radius 3 is 2.89 bits per heavy atom. The maximum atomic E-state index is 12.4. The van der Waals surface area contributed by atoms with Crippen LogP contribution in [0.25, 0.3) is 0 Å². The lowest BCUT2D eigenvalue weighted by molar-refractivity contribution is -0.119. The predicted octanol–water partition coefficient (Wildman–Crippen LogP) is 4.12. The number of nitrogens with one attached hydrogen (secondary N) is 2. The average Bonchev–Trinajstić information content (AvgIpc) is 3.27. The van der Waals surface area contributed by atoms with E-state index in [1.807, 2.05) is 12.1 Å². The van der Waals surface area contributed by atoms with E-state index in [1.165, 1.54) is 11.3 Å². The minimum atomic E-state index is -0.552. The summed E-state index contributed by atoms with van der Waals surface area (Å²) in [7, 11) is 0. The van der Waals surface area contributed by atoms with E-state index in [2.05, 4.69) is 23.6 Å². The number of nitrogens with zero attached hydrogens (tertiary/aromatic N) is 1. The summed E-state index contributed by atoms with van der Waals surface area (Å²) in [5.74, 6) is -0.995. The van der Waals surface area contributed by atoms with Gasteiger partial charge in [0.05, 0.1) is 11.1 Å². The van der Waals surface area contributed by atoms with Crippen molar-refractivity contribution >= 4 is 33.9 Å². The summed E-state index contributed by atoms with van der Waals surface area (Å²) in [6.45, 7) is 2.47. The standard InChI is InChI=1S/C21H23N3O3S/c1-2-3-11-23-17-9-5-4-7-15(17)21(26)27-13-19(25)24-20-16(12-22)14-8-6-10-18(14)28-20/h4-5,7,9,23H,2-3,6,8,10-11,13H2,1H3,(H,24,25). The molecule has 0 saturated heterocycles. The van der Waals surface area contributed by atoms with E-state index in [4.69, 9.17) is 4.74 Å². The molecule has 0 bridgehead atoms. The molecule has 0 aliphatic heterocycles. The Morgan fingerprint density at radius 2 is 2.11 bits per heavy atom. The number of carbonyl (C=O) groups excluding carboxylic acids is 2. The molecule has 0 fully saturated rings. The van der Waals surface area contributed by atoms with E-state index < -0.39 is 18.5 Å². The number of amides is 1. The van der Waals surface area contributed by atoms with E-state index in [1.54, 1.807) is 12.1 Å². The summed E-state index contributed by atoms with van der Waals surface area (Å²) in [6, 6.07) is 9.28. The number of hydrogen-bond donors (Lipinski definition) is 2. The molecule has 0 spiro atoms. The zero-order chi connectivity index (χ0) is 19.9. The van der Waals surface area contributed by atoms with E-state index in [9.17, 15) is 14.9 Å². The highest BCUT2D eigenvalue weighted by Crippen LogP contribution is 2.38. The number of nitriles is 1. The maximum Gasteiger partial charge on any atom is 0.340 e. The van der Waals surface area contributed by atoms with Gasteiger partial charge in [0.25, 0.3) is 5.91 Å². The number of benzene rings is 1. The summed E-state index contributed by atoms with van der Waals surface area (Å²) in [4.78, 5) is 25.8. The van der Waals surface area contributed by atoms with Gasteiger partial charge in [-0.25, -0.2) is 4.79 Å². The van der Waals surface area contributed by atoms with Crippen molar-refractivity contribution in [2.75, 3.05) is 23.8 Å². The summed E-state index contributed by atoms with van der Waals surface area (Å²) < 4.78 is 5.19. The largest absolute Gasteiger partial charge is 0.452 e. The van der Waals surface area contributed by atoms with E-state index in [-0.39, 0.29) is 0 Å². The van der Waals surface area contributed by atoms with Crippen molar-refractivity contribution in [2.45, 2.75) is 39.0 Å². The Labute approximate surface area is 168 Å². The van der Waals surface area contributed by atoms with E-state index in [0.29, 0.717) is 21.8 Å². The molecular formula is C21H23N3O3S. The number of thiophene rings is 1. The zero-order valence-corrected chi connectivity index (χ0v) is 16.7. The Morgan fingerprint density at radius 1 is 1.29 bits per heavy atom. The third-order valence-electron chi connectivity index (χ3n) is 4.61. The lowest BCUT2D eigenvalue weighted by Gasteiger charge is -2.11. The molecule has 2 N–H and O–H groups in total. The van der Waals surface area contributed by atoms with Crippen LogP contribution < -0.4 is 10.6 Å². The summed E-state index contributed by atoms with van der Waals surface area (Å²) >= 11 is 1.44. The van der Waals surface area contributed by atoms with E-state index in [0.717, 1.165) is 49.1 Å². The van der Waals surface area contributed by atoms with Gasteiger partial charge in [-0.05, 0) is 43.4 Å². The number of para-hydroxylation sites is 1. The average molecular weight is 398 g/mol. The van der Waals surface area contributed by atoms with Crippen molar-refractivity contribution in [3.8, 4) is 6.07 Å². The third-order valence-corrected chi connectivity index (χ3v) is 5.82. The second kappa shape index (κ2) is 9.38. The first-order chi connectivity index (χ1) is 13.6. The fraction of sp³-hybridized carbons (Fsp3) is 0.381. The molecule has 28 heavy (non-hydrogen) atoms. The highest BCUT2D eigenvalue weighted by Gasteiger charge is 2.23. The minimum absolute atomic E-state index is 0.393. The molecule has 146 valence electrons. The smallest absolute Gasteiger partial charge is 0.340 e. The number of anilines is 2. The van der Waals surface area contributed by atoms with Gasteiger partial charge >= 0.3 is 5.97 Å². The van der Waals surface area contributed by atoms with Gasteiger partial charge in [-0.2, -0.15) is 5.26 Å². The van der Waals surface area contributed by atoms with Gasteiger partial charge in [0.1, 0.15) is 11.1 Å². The van der Waals surface area contributed by atoms with Crippen LogP contribution in [0.15, 0.2) is 24.3 Å². The van der Waals surface area contributed by atoms with Crippen molar-refractivity contribution in [3.05, 3.63) is 45.8 Å². The fourth-order valence-corrected chi connectivity index (χ4v) is 4.45. The van der Waals surface area contributed by atoms with Gasteiger partial charge in [-0.1, -0.05) is 25.5 Å². The predicted molar refractivity (Wildman–Crippen MR) is 110 cm³/mol. The minimum Gasteiger partial charge on any atom is -0.452 e. The summed E-state index contributed by atoms with van der Waals surface area (Å²) in [5.41, 5.74) is 2.69. The topological polar surface area (TPSA) is 91.2 Å². The monoisotopic (exact) mass is 397 g/mol. The van der Waals surface area contributed by atoms with Crippen LogP contribution >= 0.6 is 11.3 Å². The lowest BCUT2D eigenvalue weighted by atomic mass is 10.1. The van der Waals surface area contributed by atoms with Crippen molar-refractivity contribution < 1.29 is 14.3 Å². The van der Waals surface area contributed by atoms with Crippen LogP contribution in [0, 0.1) is 11.3 Å². The third kappa shape index (κ3) is 4.52. The SMILES string of the molecule is CCCCNc1ccccc1C(=O)OCC(=O)Nc1sc2c(c1C#N)CCC2. The normalized spacial score (nSPS) is 12.1. The first-order valence-electron chi connectivity index (χ1n) is 9.48. The van der Waals surface area contributed by atoms with Crippen LogP contribution in [0.4, 0.5) is 10.7 Å². The van der Waals surface area contributed by atoms with Gasteiger partial charge in [0.2, 0.25) is 0 Å². The van der Waals surface area contributed by atoms with Crippen LogP contribution in [0.2, 0.25) is 0 Å². The first kappa shape index (κ1) is 19.9. The molecule has 1 aliphatic carbocycles. The molecule has 7 heteroatoms. The molecule has 1 aromatic carbocycles. The number of fused-ring (bicyclic) bond motifs is 1. The number of esters is 1. The quantitative estimate of drug-likeness (QED) is 0.516. The molecule has 1 amide bonds. The number of aryl methyl sites for hydroxylation is 1. The molecule has 1 heterocycles. The van der Waals surface area contributed by atoms with Crippen LogP contribution in [-0.4, -0.2) is 25.0 Å². The molecule has 0 unspecified atom stereocenters. The fourth-order valence-electron chi connectivity index (χ4n) is 3.20. The molecule has 2 aromatic rings. The Hall–Kier alpha value is -2.85. The number of unbranched alkanes of at least 4 members (excludes halogenated alkanes) is 1. The van der Waals surface area contributed by atoms with Gasteiger partial charge < -0.3 is 15.4 Å². The van der Waals surface area contributed by atoms with Gasteiger partial charge in [0, 0.05) is 17.1 Å². The summed E-state index contributed by atoms with van der Waals surface area (Å²) in [5, 5.41) is 15.9. The van der Waals surface area contributed by atoms with Crippen molar-refractivity contribution in [1.82, 2.24) is 0 Å². The molecule has 1 aromatic heterocycles. The zero-order valence-electron chi connectivity index (χ0n) is 15.8. The number of rotatable bonds is 8. The molecule has 0 atom stereocenters. The van der Waals surface area contributed by atoms with Crippen molar-refractivity contribution in [1.29, 1.82) is 5.26 Å². The van der Waals surface area contributed by atoms with Crippen LogP contribution in [0.5, 0.6) is 0 Å². The number of carbonyl (C=O) groups is 2. The van der Waals surface area contributed by atoms with Crippen LogP contribution in [0.1, 0.15) is 52.5 Å². The Bertz CT molecular complexity index is 914. The van der Waals surface area contributed by atoms with Gasteiger partial charge in [0.15, 0.2) is 6.61 Å². The molecule has 3 rings (SSSR count). The Balaban J connectivity index is 1.58. The van der Waals surface area contributed by atoms with Gasteiger partial charge in [-0.3, -0.25) is 4.79 Å². The Kier molecular flexibility index (Phi) is 6.66. The van der Waals surface area contributed by atoms with E-state index >= 15 is 0 Å². The maximum absolute atomic E-state index is 12.4. The van der Waals surface area contributed by atoms with Gasteiger partial charge in [-0.15, -0.1) is 11.3 Å². The lowest BCUT2D eigenvalue weighted by Crippen LogP contribution is -2.21. The van der Waals surface area contributed by atoms with Crippen molar-refractivity contribution in [3.63, 3.8) is 0 Å². The van der Waals surface area contributed by atoms with Crippen molar-refractivity contribution in [2.24, 2.45) is 0 Å².